The maximum Gasteiger partial charge on any atom is 0.269 e. The number of hydrogen-bond donors (Lipinski definition) is 1. The first-order chi connectivity index (χ1) is 11.9. The van der Waals surface area contributed by atoms with Gasteiger partial charge in [-0.1, -0.05) is 37.3 Å². The van der Waals surface area contributed by atoms with Crippen molar-refractivity contribution in [3.05, 3.63) is 65.2 Å². The van der Waals surface area contributed by atoms with Gasteiger partial charge in [0.25, 0.3) is 21.8 Å². The molecular formula is C18H18N2O4S. The van der Waals surface area contributed by atoms with Crippen molar-refractivity contribution in [2.24, 2.45) is 0 Å². The SMILES string of the molecule is CCCN1C(=O)c2ccc(C(=O)NCc3ccccc3)cc2S1(=O)=O. The Hall–Kier alpha value is -2.67. The average molecular weight is 358 g/mol. The maximum absolute atomic E-state index is 12.5. The van der Waals surface area contributed by atoms with E-state index in [9.17, 15) is 18.0 Å². The first-order valence-corrected chi connectivity index (χ1v) is 9.42. The molecule has 0 saturated carbocycles. The zero-order chi connectivity index (χ0) is 18.0. The Labute approximate surface area is 146 Å². The van der Waals surface area contributed by atoms with E-state index < -0.39 is 15.9 Å². The van der Waals surface area contributed by atoms with Crippen molar-refractivity contribution < 1.29 is 18.0 Å². The fourth-order valence-electron chi connectivity index (χ4n) is 2.72. The van der Waals surface area contributed by atoms with E-state index in [0.29, 0.717) is 13.0 Å². The van der Waals surface area contributed by atoms with Crippen LogP contribution in [0.5, 0.6) is 0 Å². The molecule has 0 spiro atoms. The lowest BCUT2D eigenvalue weighted by atomic mass is 10.1. The van der Waals surface area contributed by atoms with E-state index in [0.717, 1.165) is 9.87 Å². The molecule has 0 fully saturated rings. The van der Waals surface area contributed by atoms with Crippen LogP contribution in [0.4, 0.5) is 0 Å². The number of amides is 2. The van der Waals surface area contributed by atoms with Crippen molar-refractivity contribution in [1.82, 2.24) is 9.62 Å². The summed E-state index contributed by atoms with van der Waals surface area (Å²) < 4.78 is 25.9. The largest absolute Gasteiger partial charge is 0.348 e. The van der Waals surface area contributed by atoms with Crippen LogP contribution in [0.3, 0.4) is 0 Å². The summed E-state index contributed by atoms with van der Waals surface area (Å²) in [7, 11) is -3.88. The molecule has 0 bridgehead atoms. The van der Waals surface area contributed by atoms with Gasteiger partial charge >= 0.3 is 0 Å². The maximum atomic E-state index is 12.5. The van der Waals surface area contributed by atoms with Gasteiger partial charge in [0.2, 0.25) is 0 Å². The van der Waals surface area contributed by atoms with Gasteiger partial charge in [-0.25, -0.2) is 12.7 Å². The highest BCUT2D eigenvalue weighted by Gasteiger charge is 2.40. The van der Waals surface area contributed by atoms with Crippen molar-refractivity contribution in [3.63, 3.8) is 0 Å². The molecule has 25 heavy (non-hydrogen) atoms. The van der Waals surface area contributed by atoms with Gasteiger partial charge in [0, 0.05) is 18.7 Å². The van der Waals surface area contributed by atoms with Crippen LogP contribution in [0.15, 0.2) is 53.4 Å². The van der Waals surface area contributed by atoms with Crippen LogP contribution in [0.2, 0.25) is 0 Å². The highest BCUT2D eigenvalue weighted by Crippen LogP contribution is 2.31. The minimum absolute atomic E-state index is 0.0988. The number of nitrogens with zero attached hydrogens (tertiary/aromatic N) is 1. The van der Waals surface area contributed by atoms with Crippen LogP contribution in [-0.4, -0.2) is 31.1 Å². The average Bonchev–Trinajstić information content (AvgIpc) is 2.81. The summed E-state index contributed by atoms with van der Waals surface area (Å²) in [5.74, 6) is -0.920. The predicted molar refractivity (Wildman–Crippen MR) is 92.6 cm³/mol. The van der Waals surface area contributed by atoms with Gasteiger partial charge in [-0.15, -0.1) is 0 Å². The highest BCUT2D eigenvalue weighted by molar-refractivity contribution is 7.90. The van der Waals surface area contributed by atoms with Gasteiger partial charge in [-0.05, 0) is 30.2 Å². The Morgan fingerprint density at radius 2 is 1.84 bits per heavy atom. The van der Waals surface area contributed by atoms with Crippen molar-refractivity contribution in [2.45, 2.75) is 24.8 Å². The third-order valence-corrected chi connectivity index (χ3v) is 5.81. The number of rotatable bonds is 5. The van der Waals surface area contributed by atoms with E-state index in [1.807, 2.05) is 30.3 Å². The quantitative estimate of drug-likeness (QED) is 0.888. The molecule has 0 unspecified atom stereocenters. The fourth-order valence-corrected chi connectivity index (χ4v) is 4.41. The zero-order valence-corrected chi connectivity index (χ0v) is 14.5. The molecule has 0 aliphatic carbocycles. The number of hydrogen-bond acceptors (Lipinski definition) is 4. The Morgan fingerprint density at radius 3 is 2.52 bits per heavy atom. The molecule has 1 N–H and O–H groups in total. The Kier molecular flexibility index (Phi) is 4.59. The lowest BCUT2D eigenvalue weighted by Gasteiger charge is -2.13. The first kappa shape index (κ1) is 17.2. The predicted octanol–water partition coefficient (Wildman–Crippen LogP) is 2.17. The molecule has 1 aliphatic rings. The molecule has 3 rings (SSSR count). The van der Waals surface area contributed by atoms with Crippen LogP contribution in [-0.2, 0) is 16.6 Å². The zero-order valence-electron chi connectivity index (χ0n) is 13.7. The van der Waals surface area contributed by atoms with Gasteiger partial charge in [0.15, 0.2) is 0 Å². The lowest BCUT2D eigenvalue weighted by Crippen LogP contribution is -2.30. The second-order valence-corrected chi connectivity index (χ2v) is 7.59. The molecule has 0 atom stereocenters. The third-order valence-electron chi connectivity index (χ3n) is 3.99. The summed E-state index contributed by atoms with van der Waals surface area (Å²) in [5.41, 5.74) is 1.27. The van der Waals surface area contributed by atoms with E-state index in [4.69, 9.17) is 0 Å². The second kappa shape index (κ2) is 6.68. The van der Waals surface area contributed by atoms with Crippen molar-refractivity contribution in [1.29, 1.82) is 0 Å². The molecule has 0 saturated heterocycles. The molecule has 130 valence electrons. The van der Waals surface area contributed by atoms with Crippen molar-refractivity contribution in [3.8, 4) is 0 Å². The Balaban J connectivity index is 1.84. The summed E-state index contributed by atoms with van der Waals surface area (Å²) in [4.78, 5) is 24.5. The minimum Gasteiger partial charge on any atom is -0.348 e. The summed E-state index contributed by atoms with van der Waals surface area (Å²) >= 11 is 0. The molecule has 2 aromatic carbocycles. The van der Waals surface area contributed by atoms with E-state index in [1.165, 1.54) is 18.2 Å². The molecule has 1 aliphatic heterocycles. The molecule has 0 radical (unpaired) electrons. The molecule has 7 heteroatoms. The Bertz CT molecular complexity index is 923. The smallest absolute Gasteiger partial charge is 0.269 e. The lowest BCUT2D eigenvalue weighted by molar-refractivity contribution is 0.0869. The number of benzene rings is 2. The molecular weight excluding hydrogens is 340 g/mol. The molecule has 2 aromatic rings. The van der Waals surface area contributed by atoms with E-state index in [1.54, 1.807) is 6.92 Å². The van der Waals surface area contributed by atoms with Gasteiger partial charge in [0.05, 0.1) is 5.56 Å². The van der Waals surface area contributed by atoms with Crippen molar-refractivity contribution >= 4 is 21.8 Å². The van der Waals surface area contributed by atoms with E-state index in [-0.39, 0.29) is 28.5 Å². The normalized spacial score (nSPS) is 15.1. The number of carbonyl (C=O) groups excluding carboxylic acids is 2. The van der Waals surface area contributed by atoms with E-state index >= 15 is 0 Å². The highest BCUT2D eigenvalue weighted by atomic mass is 32.2. The monoisotopic (exact) mass is 358 g/mol. The summed E-state index contributed by atoms with van der Waals surface area (Å²) in [6.45, 7) is 2.27. The van der Waals surface area contributed by atoms with E-state index in [2.05, 4.69) is 5.32 Å². The van der Waals surface area contributed by atoms with Crippen LogP contribution >= 0.6 is 0 Å². The van der Waals surface area contributed by atoms with Crippen LogP contribution < -0.4 is 5.32 Å². The Morgan fingerprint density at radius 1 is 1.12 bits per heavy atom. The number of sulfonamides is 1. The number of nitrogens with one attached hydrogen (secondary N) is 1. The number of carbonyl (C=O) groups is 2. The summed E-state index contributed by atoms with van der Waals surface area (Å²) in [6, 6.07) is 13.6. The summed E-state index contributed by atoms with van der Waals surface area (Å²) in [6.07, 6.45) is 0.531. The topological polar surface area (TPSA) is 83.6 Å². The van der Waals surface area contributed by atoms with Crippen molar-refractivity contribution in [2.75, 3.05) is 6.54 Å². The van der Waals surface area contributed by atoms with Crippen LogP contribution in [0.25, 0.3) is 0 Å². The minimum atomic E-state index is -3.88. The molecule has 2 amide bonds. The third kappa shape index (κ3) is 3.15. The van der Waals surface area contributed by atoms with Crippen LogP contribution in [0, 0.1) is 0 Å². The molecule has 6 nitrogen and oxygen atoms in total. The molecule has 1 heterocycles. The fraction of sp³-hybridized carbons (Fsp3) is 0.222. The van der Waals surface area contributed by atoms with Gasteiger partial charge in [-0.3, -0.25) is 9.59 Å². The first-order valence-electron chi connectivity index (χ1n) is 7.98. The van der Waals surface area contributed by atoms with Crippen LogP contribution in [0.1, 0.15) is 39.6 Å². The van der Waals surface area contributed by atoms with Gasteiger partial charge in [0.1, 0.15) is 4.90 Å². The molecule has 0 aromatic heterocycles. The number of fused-ring (bicyclic) bond motifs is 1. The van der Waals surface area contributed by atoms with Gasteiger partial charge in [-0.2, -0.15) is 0 Å². The van der Waals surface area contributed by atoms with Gasteiger partial charge < -0.3 is 5.32 Å². The standard InChI is InChI=1S/C18H18N2O4S/c1-2-10-20-18(22)15-9-8-14(11-16(15)25(20,23)24)17(21)19-12-13-6-4-3-5-7-13/h3-9,11H,2,10,12H2,1H3,(H,19,21). The second-order valence-electron chi connectivity index (χ2n) is 5.76. The summed E-state index contributed by atoms with van der Waals surface area (Å²) in [5, 5.41) is 2.75.